The Balaban J connectivity index is 1.95. The van der Waals surface area contributed by atoms with Gasteiger partial charge in [-0.05, 0) is 24.6 Å². The second-order valence-electron chi connectivity index (χ2n) is 5.27. The molecule has 0 bridgehead atoms. The average molecular weight is 306 g/mol. The van der Waals surface area contributed by atoms with Crippen LogP contribution in [-0.2, 0) is 0 Å². The number of nitrogens with two attached hydrogens (primary N) is 1. The number of benzene rings is 2. The van der Waals surface area contributed by atoms with Gasteiger partial charge in [-0.1, -0.05) is 36.4 Å². The zero-order chi connectivity index (χ0) is 16.2. The topological polar surface area (TPSA) is 87.3 Å². The van der Waals surface area contributed by atoms with Gasteiger partial charge in [-0.15, -0.1) is 0 Å². The van der Waals surface area contributed by atoms with Crippen LogP contribution in [-0.4, -0.2) is 20.9 Å². The number of nitrogens with one attached hydrogen (secondary N) is 1. The predicted octanol–water partition coefficient (Wildman–Crippen LogP) is 3.25. The molecule has 0 saturated carbocycles. The lowest BCUT2D eigenvalue weighted by Crippen LogP contribution is -2.15. The molecule has 0 aliphatic carbocycles. The molecule has 5 nitrogen and oxygen atoms in total. The Morgan fingerprint density at radius 1 is 1.17 bits per heavy atom. The van der Waals surface area contributed by atoms with Crippen molar-refractivity contribution < 1.29 is 5.11 Å². The van der Waals surface area contributed by atoms with E-state index in [0.717, 1.165) is 11.3 Å². The molecule has 5 heteroatoms. The minimum absolute atomic E-state index is 0.0913. The number of para-hydroxylation sites is 1. The third-order valence-electron chi connectivity index (χ3n) is 3.72. The van der Waals surface area contributed by atoms with Gasteiger partial charge in [-0.2, -0.15) is 0 Å². The molecule has 3 aromatic rings. The molecule has 2 aromatic carbocycles. The Morgan fingerprint density at radius 2 is 1.96 bits per heavy atom. The van der Waals surface area contributed by atoms with Crippen molar-refractivity contribution in [1.29, 1.82) is 0 Å². The summed E-state index contributed by atoms with van der Waals surface area (Å²) in [6, 6.07) is 15.2. The molecule has 0 aliphatic rings. The molecule has 0 spiro atoms. The first-order valence-corrected chi connectivity index (χ1v) is 7.36. The standard InChI is InChI=1S/C18H18N4O/c1-12(13-6-3-2-4-7-13)22-18(19)15-9-5-8-14(17(15)23)16-10-20-11-21-16/h2-12,23H,1H3,(H2,19,22)(H,20,21). The molecule has 0 saturated heterocycles. The second-order valence-corrected chi connectivity index (χ2v) is 5.27. The maximum atomic E-state index is 10.5. The summed E-state index contributed by atoms with van der Waals surface area (Å²) in [4.78, 5) is 11.5. The van der Waals surface area contributed by atoms with Gasteiger partial charge in [0.05, 0.1) is 29.8 Å². The van der Waals surface area contributed by atoms with Crippen LogP contribution in [0.1, 0.15) is 24.1 Å². The zero-order valence-electron chi connectivity index (χ0n) is 12.8. The van der Waals surface area contributed by atoms with E-state index in [0.29, 0.717) is 17.0 Å². The first kappa shape index (κ1) is 14.8. The molecule has 0 amide bonds. The number of phenols is 1. The summed E-state index contributed by atoms with van der Waals surface area (Å²) in [5, 5.41) is 10.5. The third-order valence-corrected chi connectivity index (χ3v) is 3.72. The summed E-state index contributed by atoms with van der Waals surface area (Å²) >= 11 is 0. The molecule has 0 radical (unpaired) electrons. The number of aromatic amines is 1. The van der Waals surface area contributed by atoms with Gasteiger partial charge >= 0.3 is 0 Å². The average Bonchev–Trinajstić information content (AvgIpc) is 3.10. The van der Waals surface area contributed by atoms with Crippen molar-refractivity contribution in [3.05, 3.63) is 72.2 Å². The highest BCUT2D eigenvalue weighted by atomic mass is 16.3. The van der Waals surface area contributed by atoms with Gasteiger partial charge in [0.15, 0.2) is 0 Å². The van der Waals surface area contributed by atoms with E-state index in [-0.39, 0.29) is 11.8 Å². The van der Waals surface area contributed by atoms with Crippen LogP contribution < -0.4 is 5.73 Å². The van der Waals surface area contributed by atoms with Crippen molar-refractivity contribution in [2.24, 2.45) is 10.7 Å². The summed E-state index contributed by atoms with van der Waals surface area (Å²) in [7, 11) is 0. The summed E-state index contributed by atoms with van der Waals surface area (Å²) in [6.07, 6.45) is 3.22. The monoisotopic (exact) mass is 306 g/mol. The van der Waals surface area contributed by atoms with E-state index >= 15 is 0 Å². The van der Waals surface area contributed by atoms with E-state index in [2.05, 4.69) is 15.0 Å². The number of aromatic hydroxyl groups is 1. The van der Waals surface area contributed by atoms with Gasteiger partial charge in [0.2, 0.25) is 0 Å². The quantitative estimate of drug-likeness (QED) is 0.511. The maximum absolute atomic E-state index is 10.5. The van der Waals surface area contributed by atoms with Crippen LogP contribution in [0.2, 0.25) is 0 Å². The minimum atomic E-state index is -0.0913. The number of rotatable bonds is 4. The number of hydrogen-bond acceptors (Lipinski definition) is 3. The molecule has 0 fully saturated rings. The molecular formula is C18H18N4O. The Labute approximate surface area is 134 Å². The van der Waals surface area contributed by atoms with Crippen molar-refractivity contribution in [3.8, 4) is 17.0 Å². The number of aromatic nitrogens is 2. The highest BCUT2D eigenvalue weighted by Gasteiger charge is 2.13. The maximum Gasteiger partial charge on any atom is 0.135 e. The van der Waals surface area contributed by atoms with E-state index in [9.17, 15) is 5.11 Å². The molecule has 0 aliphatic heterocycles. The highest BCUT2D eigenvalue weighted by Crippen LogP contribution is 2.31. The number of amidine groups is 1. The summed E-state index contributed by atoms with van der Waals surface area (Å²) in [5.41, 5.74) is 9.08. The number of aliphatic imine (C=N–C) groups is 1. The first-order valence-electron chi connectivity index (χ1n) is 7.36. The van der Waals surface area contributed by atoms with E-state index in [1.165, 1.54) is 0 Å². The van der Waals surface area contributed by atoms with Crippen LogP contribution in [0.4, 0.5) is 0 Å². The third kappa shape index (κ3) is 3.08. The number of imidazole rings is 1. The van der Waals surface area contributed by atoms with Gasteiger partial charge < -0.3 is 15.8 Å². The van der Waals surface area contributed by atoms with Crippen LogP contribution in [0.3, 0.4) is 0 Å². The van der Waals surface area contributed by atoms with Crippen molar-refractivity contribution in [3.63, 3.8) is 0 Å². The normalized spacial score (nSPS) is 13.0. The van der Waals surface area contributed by atoms with Crippen LogP contribution in [0, 0.1) is 0 Å². The van der Waals surface area contributed by atoms with Crippen molar-refractivity contribution in [2.45, 2.75) is 13.0 Å². The SMILES string of the molecule is CC(N=C(N)c1cccc(-c2cnc[nH]2)c1O)c1ccccc1. The Kier molecular flexibility index (Phi) is 4.10. The van der Waals surface area contributed by atoms with Crippen LogP contribution in [0.5, 0.6) is 5.75 Å². The predicted molar refractivity (Wildman–Crippen MR) is 91.3 cm³/mol. The van der Waals surface area contributed by atoms with Gasteiger partial charge in [0.1, 0.15) is 11.6 Å². The van der Waals surface area contributed by atoms with Gasteiger partial charge in [-0.25, -0.2) is 4.98 Å². The van der Waals surface area contributed by atoms with E-state index < -0.39 is 0 Å². The minimum Gasteiger partial charge on any atom is -0.506 e. The van der Waals surface area contributed by atoms with E-state index in [1.54, 1.807) is 24.7 Å². The molecule has 1 atom stereocenters. The van der Waals surface area contributed by atoms with E-state index in [1.807, 2.05) is 43.3 Å². The molecule has 116 valence electrons. The van der Waals surface area contributed by atoms with Crippen LogP contribution in [0.15, 0.2) is 66.0 Å². The lowest BCUT2D eigenvalue weighted by molar-refractivity contribution is 0.476. The fraction of sp³-hybridized carbons (Fsp3) is 0.111. The summed E-state index contributed by atoms with van der Waals surface area (Å²) in [6.45, 7) is 1.97. The lowest BCUT2D eigenvalue weighted by atomic mass is 10.1. The number of hydrogen-bond donors (Lipinski definition) is 3. The van der Waals surface area contributed by atoms with Crippen molar-refractivity contribution in [1.82, 2.24) is 9.97 Å². The van der Waals surface area contributed by atoms with Gasteiger partial charge in [0, 0.05) is 5.56 Å². The van der Waals surface area contributed by atoms with Crippen molar-refractivity contribution in [2.75, 3.05) is 0 Å². The molecule has 23 heavy (non-hydrogen) atoms. The summed E-state index contributed by atoms with van der Waals surface area (Å²) in [5.74, 6) is 0.401. The largest absolute Gasteiger partial charge is 0.506 e. The van der Waals surface area contributed by atoms with Crippen LogP contribution >= 0.6 is 0 Å². The first-order chi connectivity index (χ1) is 11.2. The molecule has 3 rings (SSSR count). The molecular weight excluding hydrogens is 288 g/mol. The smallest absolute Gasteiger partial charge is 0.135 e. The fourth-order valence-electron chi connectivity index (χ4n) is 2.45. The highest BCUT2D eigenvalue weighted by molar-refractivity contribution is 6.01. The number of nitrogens with zero attached hydrogens (tertiary/aromatic N) is 2. The van der Waals surface area contributed by atoms with Gasteiger partial charge in [0.25, 0.3) is 0 Å². The molecule has 1 unspecified atom stereocenters. The van der Waals surface area contributed by atoms with Crippen molar-refractivity contribution >= 4 is 5.84 Å². The zero-order valence-corrected chi connectivity index (χ0v) is 12.8. The van der Waals surface area contributed by atoms with Crippen LogP contribution in [0.25, 0.3) is 11.3 Å². The fourth-order valence-corrected chi connectivity index (χ4v) is 2.45. The molecule has 4 N–H and O–H groups in total. The molecule has 1 heterocycles. The number of phenolic OH excluding ortho intramolecular Hbond substituents is 1. The number of H-pyrrole nitrogens is 1. The lowest BCUT2D eigenvalue weighted by Gasteiger charge is -2.11. The Hall–Kier alpha value is -3.08. The van der Waals surface area contributed by atoms with E-state index in [4.69, 9.17) is 5.73 Å². The Bertz CT molecular complexity index is 810. The molecule has 1 aromatic heterocycles. The van der Waals surface area contributed by atoms with Gasteiger partial charge in [-0.3, -0.25) is 4.99 Å². The second kappa shape index (κ2) is 6.36. The Morgan fingerprint density at radius 3 is 2.65 bits per heavy atom. The summed E-state index contributed by atoms with van der Waals surface area (Å²) < 4.78 is 0.